The van der Waals surface area contributed by atoms with Gasteiger partial charge in [-0.25, -0.2) is 0 Å². The van der Waals surface area contributed by atoms with Crippen LogP contribution in [0.1, 0.15) is 11.6 Å². The SMILES string of the molecule is Nc1c(Cl)cc(Cl)cc1[C@H](N)C(=O)O. The van der Waals surface area contributed by atoms with Gasteiger partial charge in [-0.2, -0.15) is 0 Å². The van der Waals surface area contributed by atoms with Crippen LogP contribution in [0.25, 0.3) is 0 Å². The van der Waals surface area contributed by atoms with E-state index < -0.39 is 12.0 Å². The number of carboxylic acid groups (broad SMARTS) is 1. The molecule has 76 valence electrons. The molecule has 6 heteroatoms. The zero-order valence-corrected chi connectivity index (χ0v) is 8.51. The number of halogens is 2. The van der Waals surface area contributed by atoms with Crippen molar-refractivity contribution in [2.45, 2.75) is 6.04 Å². The molecule has 0 aliphatic rings. The van der Waals surface area contributed by atoms with Gasteiger partial charge in [0.25, 0.3) is 0 Å². The first-order chi connectivity index (χ1) is 6.43. The number of carbonyl (C=O) groups is 1. The van der Waals surface area contributed by atoms with Crippen LogP contribution in [0.3, 0.4) is 0 Å². The third kappa shape index (κ3) is 2.09. The molecule has 0 heterocycles. The van der Waals surface area contributed by atoms with Crippen LogP contribution in [0.2, 0.25) is 10.0 Å². The van der Waals surface area contributed by atoms with Gasteiger partial charge in [-0.05, 0) is 12.1 Å². The van der Waals surface area contributed by atoms with Gasteiger partial charge in [0.1, 0.15) is 6.04 Å². The minimum atomic E-state index is -1.22. The van der Waals surface area contributed by atoms with Gasteiger partial charge in [-0.3, -0.25) is 4.79 Å². The first-order valence-electron chi connectivity index (χ1n) is 3.66. The molecule has 0 bridgehead atoms. The van der Waals surface area contributed by atoms with E-state index in [1.165, 1.54) is 12.1 Å². The topological polar surface area (TPSA) is 89.3 Å². The molecule has 1 atom stereocenters. The molecule has 0 aliphatic carbocycles. The maximum atomic E-state index is 10.6. The van der Waals surface area contributed by atoms with Crippen LogP contribution in [0.15, 0.2) is 12.1 Å². The molecule has 0 spiro atoms. The van der Waals surface area contributed by atoms with E-state index >= 15 is 0 Å². The summed E-state index contributed by atoms with van der Waals surface area (Å²) in [6.07, 6.45) is 0. The number of carboxylic acids is 1. The second-order valence-corrected chi connectivity index (χ2v) is 3.55. The summed E-state index contributed by atoms with van der Waals surface area (Å²) < 4.78 is 0. The zero-order valence-electron chi connectivity index (χ0n) is 7.00. The monoisotopic (exact) mass is 234 g/mol. The Balaban J connectivity index is 3.26. The molecular weight excluding hydrogens is 227 g/mol. The third-order valence-electron chi connectivity index (χ3n) is 1.73. The van der Waals surface area contributed by atoms with Crippen molar-refractivity contribution in [2.75, 3.05) is 5.73 Å². The van der Waals surface area contributed by atoms with Crippen LogP contribution in [0.5, 0.6) is 0 Å². The Morgan fingerprint density at radius 3 is 2.50 bits per heavy atom. The Bertz CT molecular complexity index is 382. The molecular formula is C8H8Cl2N2O2. The van der Waals surface area contributed by atoms with Crippen molar-refractivity contribution in [1.82, 2.24) is 0 Å². The van der Waals surface area contributed by atoms with Gasteiger partial charge in [0.05, 0.1) is 10.7 Å². The lowest BCUT2D eigenvalue weighted by molar-refractivity contribution is -0.138. The fourth-order valence-electron chi connectivity index (χ4n) is 0.995. The summed E-state index contributed by atoms with van der Waals surface area (Å²) in [5.41, 5.74) is 11.3. The van der Waals surface area contributed by atoms with Gasteiger partial charge >= 0.3 is 5.97 Å². The highest BCUT2D eigenvalue weighted by atomic mass is 35.5. The average Bonchev–Trinajstić information content (AvgIpc) is 2.09. The highest BCUT2D eigenvalue weighted by molar-refractivity contribution is 6.36. The summed E-state index contributed by atoms with van der Waals surface area (Å²) in [5.74, 6) is -1.19. The summed E-state index contributed by atoms with van der Waals surface area (Å²) >= 11 is 11.4. The van der Waals surface area contributed by atoms with Crippen molar-refractivity contribution in [3.05, 3.63) is 27.7 Å². The summed E-state index contributed by atoms with van der Waals surface area (Å²) in [6.45, 7) is 0. The van der Waals surface area contributed by atoms with E-state index in [1.807, 2.05) is 0 Å². The third-order valence-corrected chi connectivity index (χ3v) is 2.26. The summed E-state index contributed by atoms with van der Waals surface area (Å²) in [5, 5.41) is 9.18. The Morgan fingerprint density at radius 1 is 1.43 bits per heavy atom. The molecule has 0 unspecified atom stereocenters. The fraction of sp³-hybridized carbons (Fsp3) is 0.125. The van der Waals surface area contributed by atoms with Crippen molar-refractivity contribution in [1.29, 1.82) is 0 Å². The second-order valence-electron chi connectivity index (χ2n) is 2.71. The van der Waals surface area contributed by atoms with Crippen LogP contribution >= 0.6 is 23.2 Å². The number of hydrogen-bond acceptors (Lipinski definition) is 3. The molecule has 0 saturated heterocycles. The molecule has 1 aromatic rings. The maximum Gasteiger partial charge on any atom is 0.325 e. The second kappa shape index (κ2) is 4.04. The lowest BCUT2D eigenvalue weighted by Gasteiger charge is -2.11. The predicted molar refractivity (Wildman–Crippen MR) is 55.4 cm³/mol. The van der Waals surface area contributed by atoms with Crippen LogP contribution in [0, 0.1) is 0 Å². The zero-order chi connectivity index (χ0) is 10.9. The van der Waals surface area contributed by atoms with Crippen LogP contribution in [0.4, 0.5) is 5.69 Å². The molecule has 0 fully saturated rings. The molecule has 0 amide bonds. The Labute approximate surface area is 90.4 Å². The number of hydrogen-bond donors (Lipinski definition) is 3. The van der Waals surface area contributed by atoms with Gasteiger partial charge in [0, 0.05) is 10.6 Å². The molecule has 0 saturated carbocycles. The van der Waals surface area contributed by atoms with E-state index in [4.69, 9.17) is 39.8 Å². The van der Waals surface area contributed by atoms with Gasteiger partial charge in [-0.1, -0.05) is 23.2 Å². The number of aliphatic carboxylic acids is 1. The highest BCUT2D eigenvalue weighted by Gasteiger charge is 2.19. The number of anilines is 1. The molecule has 0 radical (unpaired) electrons. The lowest BCUT2D eigenvalue weighted by Crippen LogP contribution is -2.22. The van der Waals surface area contributed by atoms with Crippen molar-refractivity contribution < 1.29 is 9.90 Å². The summed E-state index contributed by atoms with van der Waals surface area (Å²) in [4.78, 5) is 10.6. The van der Waals surface area contributed by atoms with E-state index in [-0.39, 0.29) is 16.3 Å². The molecule has 1 aromatic carbocycles. The largest absolute Gasteiger partial charge is 0.480 e. The standard InChI is InChI=1S/C8H8Cl2N2O2/c9-3-1-4(7(12)8(13)14)6(11)5(10)2-3/h1-2,7H,11-12H2,(H,13,14)/t7-/m0/s1. The number of nitrogen functional groups attached to an aromatic ring is 1. The van der Waals surface area contributed by atoms with E-state index in [1.54, 1.807) is 0 Å². The summed E-state index contributed by atoms with van der Waals surface area (Å²) in [7, 11) is 0. The smallest absolute Gasteiger partial charge is 0.325 e. The number of rotatable bonds is 2. The van der Waals surface area contributed by atoms with Gasteiger partial charge in [0.2, 0.25) is 0 Å². The van der Waals surface area contributed by atoms with E-state index in [0.717, 1.165) is 0 Å². The molecule has 0 aliphatic heterocycles. The maximum absolute atomic E-state index is 10.6. The lowest BCUT2D eigenvalue weighted by atomic mass is 10.1. The molecule has 1 rings (SSSR count). The molecule has 5 N–H and O–H groups in total. The first-order valence-corrected chi connectivity index (χ1v) is 4.42. The minimum absolute atomic E-state index is 0.144. The number of nitrogens with two attached hydrogens (primary N) is 2. The van der Waals surface area contributed by atoms with Gasteiger partial charge in [0.15, 0.2) is 0 Å². The van der Waals surface area contributed by atoms with E-state index in [0.29, 0.717) is 5.02 Å². The summed E-state index contributed by atoms with van der Waals surface area (Å²) in [6, 6.07) is 1.60. The minimum Gasteiger partial charge on any atom is -0.480 e. The van der Waals surface area contributed by atoms with E-state index in [9.17, 15) is 4.79 Å². The predicted octanol–water partition coefficient (Wildman–Crippen LogP) is 1.66. The average molecular weight is 235 g/mol. The van der Waals surface area contributed by atoms with Crippen LogP contribution < -0.4 is 11.5 Å². The molecule has 14 heavy (non-hydrogen) atoms. The molecule has 0 aromatic heterocycles. The van der Waals surface area contributed by atoms with Crippen molar-refractivity contribution in [3.63, 3.8) is 0 Å². The van der Waals surface area contributed by atoms with Gasteiger partial charge in [-0.15, -0.1) is 0 Å². The quantitative estimate of drug-likeness (QED) is 0.680. The Hall–Kier alpha value is -0.970. The van der Waals surface area contributed by atoms with E-state index in [2.05, 4.69) is 0 Å². The van der Waals surface area contributed by atoms with Crippen LogP contribution in [-0.4, -0.2) is 11.1 Å². The van der Waals surface area contributed by atoms with Crippen molar-refractivity contribution in [2.24, 2.45) is 5.73 Å². The van der Waals surface area contributed by atoms with Crippen LogP contribution in [-0.2, 0) is 4.79 Å². The normalized spacial score (nSPS) is 12.5. The number of benzene rings is 1. The van der Waals surface area contributed by atoms with Crippen molar-refractivity contribution >= 4 is 34.9 Å². The molecule has 4 nitrogen and oxygen atoms in total. The Morgan fingerprint density at radius 2 is 2.00 bits per heavy atom. The highest BCUT2D eigenvalue weighted by Crippen LogP contribution is 2.30. The van der Waals surface area contributed by atoms with Crippen molar-refractivity contribution in [3.8, 4) is 0 Å². The Kier molecular flexibility index (Phi) is 3.21. The van der Waals surface area contributed by atoms with Gasteiger partial charge < -0.3 is 16.6 Å². The first kappa shape index (κ1) is 11.1. The fourth-order valence-corrected chi connectivity index (χ4v) is 1.50.